The Morgan fingerprint density at radius 2 is 0.879 bits per heavy atom. The second kappa shape index (κ2) is 38.1. The Balaban J connectivity index is 0.000000184. The lowest BCUT2D eigenvalue weighted by Gasteiger charge is -2.58. The SMILES string of the molecule is CC(C)c1ccccc1[C@@H]1CN(C)CCN1C1CC2(CCN(c3ccc(C(=O)NS(=O)(=O)c4ccc(NCC5CCC(C)(O)CC5)c([N+](=O)[O-])c4)c(Oc4cnc5[nH]ccc5c4)c3)CC2)C1.CC(C)c1ccccc1[C@H]1CN(C)CCN1C1CC2(CCN(c3ccc(C(=O)NS(=O)(=O)c4ccc(NCC5CCC(C)(O)CC5)c([N+](=O)[O-])c4)c(Oc4cnc5[nH]ccc5c4)c3)CC2)C1. The van der Waals surface area contributed by atoms with Gasteiger partial charge in [0.1, 0.15) is 45.7 Å². The summed E-state index contributed by atoms with van der Waals surface area (Å²) in [5.74, 6) is 0.486. The van der Waals surface area contributed by atoms with E-state index < -0.39 is 74.1 Å². The number of piperazine rings is 2. The Bertz CT molecular complexity index is 5760. The van der Waals surface area contributed by atoms with E-state index in [1.165, 1.54) is 72.2 Å². The first-order chi connectivity index (χ1) is 63.1. The summed E-state index contributed by atoms with van der Waals surface area (Å²) in [4.78, 5) is 80.4. The van der Waals surface area contributed by atoms with E-state index >= 15 is 0 Å². The normalized spacial score (nSPS) is 23.3. The van der Waals surface area contributed by atoms with Crippen LogP contribution in [0, 0.1) is 42.9 Å². The van der Waals surface area contributed by atoms with Crippen molar-refractivity contribution >= 4 is 88.1 Å². The third-order valence-electron chi connectivity index (χ3n) is 29.8. The van der Waals surface area contributed by atoms with Crippen molar-refractivity contribution in [2.75, 3.05) is 113 Å². The zero-order valence-corrected chi connectivity index (χ0v) is 78.3. The van der Waals surface area contributed by atoms with Gasteiger partial charge in [0, 0.05) is 162 Å². The van der Waals surface area contributed by atoms with E-state index in [0.29, 0.717) is 97.6 Å². The summed E-state index contributed by atoms with van der Waals surface area (Å²) in [7, 11) is -4.67. The number of nitro groups is 2. The molecular weight excluding hydrogens is 1710 g/mol. The average molecular weight is 1840 g/mol. The quantitative estimate of drug-likeness (QED) is 0.0184. The van der Waals surface area contributed by atoms with Crippen LogP contribution in [0.5, 0.6) is 23.0 Å². The third-order valence-corrected chi connectivity index (χ3v) is 32.4. The number of aromatic nitrogens is 4. The summed E-state index contributed by atoms with van der Waals surface area (Å²) in [5, 5.41) is 52.8. The number of pyridine rings is 2. The van der Waals surface area contributed by atoms with Gasteiger partial charge >= 0.3 is 0 Å². The van der Waals surface area contributed by atoms with Crippen LogP contribution in [0.3, 0.4) is 0 Å². The molecule has 4 saturated carbocycles. The molecule has 18 rings (SSSR count). The maximum atomic E-state index is 14.0. The van der Waals surface area contributed by atoms with Crippen molar-refractivity contribution in [2.24, 2.45) is 22.7 Å². The lowest BCUT2D eigenvalue weighted by Crippen LogP contribution is -2.59. The number of fused-ring (bicyclic) bond motifs is 2. The minimum atomic E-state index is -4.57. The molecule has 30 nitrogen and oxygen atoms in total. The van der Waals surface area contributed by atoms with E-state index in [0.717, 1.165) is 151 Å². The van der Waals surface area contributed by atoms with Crippen LogP contribution in [0.1, 0.15) is 211 Å². The minimum Gasteiger partial charge on any atom is -0.455 e. The molecule has 4 saturated heterocycles. The van der Waals surface area contributed by atoms with Gasteiger partial charge in [-0.25, -0.2) is 36.2 Å². The molecule has 4 aliphatic heterocycles. The van der Waals surface area contributed by atoms with Gasteiger partial charge in [-0.15, -0.1) is 0 Å². The first-order valence-corrected chi connectivity index (χ1v) is 49.8. The van der Waals surface area contributed by atoms with Crippen molar-refractivity contribution in [1.82, 2.24) is 49.0 Å². The van der Waals surface area contributed by atoms with Crippen LogP contribution in [0.25, 0.3) is 22.1 Å². The lowest BCUT2D eigenvalue weighted by atomic mass is 9.59. The first-order valence-electron chi connectivity index (χ1n) is 46.8. The molecule has 6 aromatic carbocycles. The average Bonchev–Trinajstić information content (AvgIpc) is 0.849. The van der Waals surface area contributed by atoms with Gasteiger partial charge < -0.3 is 59.9 Å². The van der Waals surface area contributed by atoms with Crippen LogP contribution in [-0.4, -0.2) is 204 Å². The predicted octanol–water partition coefficient (Wildman–Crippen LogP) is 17.2. The van der Waals surface area contributed by atoms with E-state index in [9.17, 15) is 56.9 Å². The van der Waals surface area contributed by atoms with Gasteiger partial charge in [-0.05, 0) is 260 Å². The number of likely N-dealkylation sites (N-methyl/N-ethyl adjacent to an activating group) is 2. The molecule has 0 unspecified atom stereocenters. The van der Waals surface area contributed by atoms with Crippen molar-refractivity contribution in [2.45, 2.75) is 201 Å². The Labute approximate surface area is 772 Å². The van der Waals surface area contributed by atoms with Gasteiger partial charge in [0.15, 0.2) is 0 Å². The number of rotatable bonds is 26. The molecule has 8 aliphatic rings. The zero-order chi connectivity index (χ0) is 92.8. The van der Waals surface area contributed by atoms with Crippen LogP contribution in [0.15, 0.2) is 180 Å². The standard InChI is InChI=1S/2C50H62N8O7S/c2*1-33(2)40-7-5-6-8-41(40)45-32-55(4)23-24-57(45)37-28-50(29-37)18-21-56(22-19-50)36-9-11-42(46(26-36)65-38-25-35-15-20-51-47(35)53-31-38)48(59)54-66(63,64)39-10-12-43(44(27-39)58(61)62)52-30-34-13-16-49(3,60)17-14-34/h2*5-12,15,20,25-27,31,33-34,37,45,52,60H,13-14,16-19,21-24,28-30,32H2,1-4H3,(H,51,53)(H,54,59)/t2*34?,45-,49?/m10/s1. The van der Waals surface area contributed by atoms with Crippen LogP contribution < -0.4 is 39.4 Å². The Kier molecular flexibility index (Phi) is 26.8. The van der Waals surface area contributed by atoms with Gasteiger partial charge in [0.05, 0.1) is 54.4 Å². The second-order valence-corrected chi connectivity index (χ2v) is 43.2. The number of aromatic amines is 2. The fourth-order valence-corrected chi connectivity index (χ4v) is 23.7. The number of benzene rings is 6. The minimum absolute atomic E-state index is 0.0215. The highest BCUT2D eigenvalue weighted by atomic mass is 32.2. The number of aliphatic hydroxyl groups is 2. The summed E-state index contributed by atoms with van der Waals surface area (Å²) >= 11 is 0. The van der Waals surface area contributed by atoms with E-state index in [2.05, 4.69) is 160 Å². The second-order valence-electron chi connectivity index (χ2n) is 39.8. The number of amides is 2. The monoisotopic (exact) mass is 1840 g/mol. The Morgan fingerprint density at radius 3 is 1.25 bits per heavy atom. The van der Waals surface area contributed by atoms with Crippen molar-refractivity contribution in [3.8, 4) is 23.0 Å². The van der Waals surface area contributed by atoms with Crippen LogP contribution in [-0.2, 0) is 20.0 Å². The highest BCUT2D eigenvalue weighted by Gasteiger charge is 2.52. The topological polar surface area (TPSA) is 373 Å². The molecule has 2 atom stereocenters. The summed E-state index contributed by atoms with van der Waals surface area (Å²) in [6, 6.07) is 44.6. The fourth-order valence-electron chi connectivity index (χ4n) is 21.7. The smallest absolute Gasteiger partial charge is 0.293 e. The summed E-state index contributed by atoms with van der Waals surface area (Å²) < 4.78 is 72.1. The van der Waals surface area contributed by atoms with E-state index in [-0.39, 0.29) is 56.7 Å². The third kappa shape index (κ3) is 20.7. The first kappa shape index (κ1) is 92.7. The van der Waals surface area contributed by atoms with Gasteiger partial charge in [0.25, 0.3) is 43.2 Å². The molecule has 2 spiro atoms. The molecule has 0 radical (unpaired) electrons. The van der Waals surface area contributed by atoms with Gasteiger partial charge in [-0.2, -0.15) is 0 Å². The maximum absolute atomic E-state index is 14.0. The largest absolute Gasteiger partial charge is 0.455 e. The number of hydrogen-bond acceptors (Lipinski definition) is 24. The number of nitro benzene ring substituents is 2. The molecule has 4 aromatic heterocycles. The molecule has 0 bridgehead atoms. The Morgan fingerprint density at radius 1 is 0.500 bits per heavy atom. The predicted molar refractivity (Wildman–Crippen MR) is 512 cm³/mol. The highest BCUT2D eigenvalue weighted by Crippen LogP contribution is 2.56. The van der Waals surface area contributed by atoms with Crippen LogP contribution in [0.2, 0.25) is 0 Å². The highest BCUT2D eigenvalue weighted by molar-refractivity contribution is 7.90. The Hall–Kier alpha value is -11.1. The number of carbonyl (C=O) groups is 2. The molecular formula is C100H124N16O14S2. The van der Waals surface area contributed by atoms with E-state index in [1.54, 1.807) is 61.2 Å². The number of H-pyrrole nitrogens is 2. The summed E-state index contributed by atoms with van der Waals surface area (Å²) in [6.07, 6.45) is 21.1. The molecule has 8 heterocycles. The summed E-state index contributed by atoms with van der Waals surface area (Å²) in [6.45, 7) is 23.3. The van der Waals surface area contributed by atoms with Crippen molar-refractivity contribution in [1.29, 1.82) is 0 Å². The maximum Gasteiger partial charge on any atom is 0.293 e. The molecule has 32 heteroatoms. The van der Waals surface area contributed by atoms with E-state index in [1.807, 2.05) is 38.1 Å². The van der Waals surface area contributed by atoms with Crippen molar-refractivity contribution in [3.05, 3.63) is 224 Å². The number of sulfonamides is 2. The number of piperidine rings is 2. The van der Waals surface area contributed by atoms with Gasteiger partial charge in [-0.3, -0.25) is 39.6 Å². The molecule has 2 amide bonds. The molecule has 132 heavy (non-hydrogen) atoms. The number of hydrogen-bond donors (Lipinski definition) is 8. The fraction of sp³-hybridized carbons (Fsp3) is 0.480. The number of ether oxygens (including phenoxy) is 2. The molecule has 10 aromatic rings. The number of nitrogens with one attached hydrogen (secondary N) is 6. The van der Waals surface area contributed by atoms with Gasteiger partial charge in [0.2, 0.25) is 0 Å². The van der Waals surface area contributed by atoms with Crippen molar-refractivity contribution < 1.29 is 56.0 Å². The molecule has 700 valence electrons. The molecule has 4 aliphatic carbocycles. The van der Waals surface area contributed by atoms with Crippen molar-refractivity contribution in [3.63, 3.8) is 0 Å². The zero-order valence-electron chi connectivity index (χ0n) is 76.7. The number of anilines is 4. The van der Waals surface area contributed by atoms with Gasteiger partial charge in [-0.1, -0.05) is 76.2 Å². The molecule has 8 fully saturated rings. The van der Waals surface area contributed by atoms with Crippen LogP contribution >= 0.6 is 0 Å². The number of carbonyl (C=O) groups excluding carboxylic acids is 2. The lowest BCUT2D eigenvalue weighted by molar-refractivity contribution is -0.384. The summed E-state index contributed by atoms with van der Waals surface area (Å²) in [5.41, 5.74) is 7.44. The van der Waals surface area contributed by atoms with Crippen LogP contribution in [0.4, 0.5) is 34.1 Å². The number of nitrogens with zero attached hydrogens (tertiary/aromatic N) is 10. The molecule has 8 N–H and O–H groups in total. The van der Waals surface area contributed by atoms with E-state index in [4.69, 9.17) is 9.47 Å².